The van der Waals surface area contributed by atoms with Crippen LogP contribution in [0.3, 0.4) is 0 Å². The van der Waals surface area contributed by atoms with Crippen molar-refractivity contribution < 1.29 is 19.4 Å². The minimum absolute atomic E-state index is 0.0709. The van der Waals surface area contributed by atoms with Gasteiger partial charge in [-0.2, -0.15) is 0 Å². The van der Waals surface area contributed by atoms with Crippen molar-refractivity contribution in [3.05, 3.63) is 35.4 Å². The van der Waals surface area contributed by atoms with Crippen molar-refractivity contribution in [3.63, 3.8) is 0 Å². The number of rotatable bonds is 11. The first-order valence-electron chi connectivity index (χ1n) is 7.15. The first-order chi connectivity index (χ1) is 10.2. The summed E-state index contributed by atoms with van der Waals surface area (Å²) in [6.45, 7) is 4.11. The molecule has 0 saturated carbocycles. The smallest absolute Gasteiger partial charge is 0.307 e. The van der Waals surface area contributed by atoms with E-state index >= 15 is 0 Å². The molecule has 1 aromatic carbocycles. The topological polar surface area (TPSA) is 59.0 Å². The van der Waals surface area contributed by atoms with Gasteiger partial charge in [-0.25, -0.2) is 0 Å². The van der Waals surface area contributed by atoms with Crippen LogP contribution in [0.2, 0.25) is 0 Å². The van der Waals surface area contributed by atoms with E-state index in [1.165, 1.54) is 5.56 Å². The van der Waals surface area contributed by atoms with Crippen molar-refractivity contribution in [2.24, 2.45) is 0 Å². The van der Waals surface area contributed by atoms with Crippen molar-refractivity contribution in [1.82, 2.24) is 4.90 Å². The molecule has 21 heavy (non-hydrogen) atoms. The van der Waals surface area contributed by atoms with Gasteiger partial charge in [-0.05, 0) is 17.5 Å². The second kappa shape index (κ2) is 10.3. The molecule has 0 spiro atoms. The Labute approximate surface area is 126 Å². The molecule has 0 fully saturated rings. The van der Waals surface area contributed by atoms with Gasteiger partial charge in [0.05, 0.1) is 13.0 Å². The third kappa shape index (κ3) is 7.80. The average Bonchev–Trinajstić information content (AvgIpc) is 2.46. The predicted molar refractivity (Wildman–Crippen MR) is 81.4 cm³/mol. The number of carboxylic acids is 1. The Morgan fingerprint density at radius 1 is 1.05 bits per heavy atom. The van der Waals surface area contributed by atoms with E-state index in [1.54, 1.807) is 14.2 Å². The molecule has 0 aliphatic carbocycles. The van der Waals surface area contributed by atoms with Gasteiger partial charge in [0.15, 0.2) is 0 Å². The van der Waals surface area contributed by atoms with Crippen LogP contribution in [0.25, 0.3) is 0 Å². The van der Waals surface area contributed by atoms with E-state index in [2.05, 4.69) is 4.90 Å². The summed E-state index contributed by atoms with van der Waals surface area (Å²) in [5.41, 5.74) is 2.01. The molecule has 0 atom stereocenters. The molecular formula is C16H25NO4. The van der Waals surface area contributed by atoms with Crippen molar-refractivity contribution in [2.75, 3.05) is 40.5 Å². The normalized spacial score (nSPS) is 11.0. The van der Waals surface area contributed by atoms with Crippen LogP contribution in [-0.4, -0.2) is 56.5 Å². The lowest BCUT2D eigenvalue weighted by Gasteiger charge is -2.22. The van der Waals surface area contributed by atoms with Gasteiger partial charge in [0.1, 0.15) is 0 Å². The monoisotopic (exact) mass is 295 g/mol. The zero-order chi connectivity index (χ0) is 15.5. The number of ether oxygens (including phenoxy) is 2. The molecule has 0 aliphatic heterocycles. The molecule has 0 heterocycles. The van der Waals surface area contributed by atoms with Gasteiger partial charge in [0, 0.05) is 40.5 Å². The molecule has 5 heteroatoms. The Bertz CT molecular complexity index is 405. The van der Waals surface area contributed by atoms with Gasteiger partial charge in [0.2, 0.25) is 0 Å². The standard InChI is InChI=1S/C16H25NO4/c1-20-10-3-8-17(9-11-21-2)13-15-6-4-14(5-7-15)12-16(18)19/h4-7H,3,8-13H2,1-2H3,(H,18,19). The maximum absolute atomic E-state index is 10.7. The minimum atomic E-state index is -0.802. The van der Waals surface area contributed by atoms with E-state index in [1.807, 2.05) is 24.3 Å². The van der Waals surface area contributed by atoms with E-state index < -0.39 is 5.97 Å². The molecule has 118 valence electrons. The molecule has 0 aliphatic rings. The summed E-state index contributed by atoms with van der Waals surface area (Å²) in [5.74, 6) is -0.802. The predicted octanol–water partition coefficient (Wildman–Crippen LogP) is 1.80. The number of benzene rings is 1. The van der Waals surface area contributed by atoms with Crippen LogP contribution in [0.1, 0.15) is 17.5 Å². The zero-order valence-electron chi connectivity index (χ0n) is 12.9. The van der Waals surface area contributed by atoms with Crippen molar-refractivity contribution in [2.45, 2.75) is 19.4 Å². The SMILES string of the molecule is COCCCN(CCOC)Cc1ccc(CC(=O)O)cc1. The van der Waals surface area contributed by atoms with E-state index in [0.717, 1.165) is 38.2 Å². The number of hydrogen-bond donors (Lipinski definition) is 1. The number of hydrogen-bond acceptors (Lipinski definition) is 4. The highest BCUT2D eigenvalue weighted by Crippen LogP contribution is 2.09. The molecule has 0 amide bonds. The summed E-state index contributed by atoms with van der Waals surface area (Å²) in [5, 5.41) is 8.77. The summed E-state index contributed by atoms with van der Waals surface area (Å²) < 4.78 is 10.2. The van der Waals surface area contributed by atoms with Gasteiger partial charge in [-0.3, -0.25) is 9.69 Å². The Balaban J connectivity index is 2.53. The van der Waals surface area contributed by atoms with Crippen LogP contribution in [0.15, 0.2) is 24.3 Å². The molecule has 1 aromatic rings. The minimum Gasteiger partial charge on any atom is -0.481 e. The number of carbonyl (C=O) groups is 1. The van der Waals surface area contributed by atoms with Crippen LogP contribution in [0.4, 0.5) is 0 Å². The molecular weight excluding hydrogens is 270 g/mol. The summed E-state index contributed by atoms with van der Waals surface area (Å²) >= 11 is 0. The lowest BCUT2D eigenvalue weighted by Crippen LogP contribution is -2.28. The van der Waals surface area contributed by atoms with Crippen LogP contribution < -0.4 is 0 Å². The Morgan fingerprint density at radius 2 is 1.67 bits per heavy atom. The molecule has 5 nitrogen and oxygen atoms in total. The first kappa shape index (κ1) is 17.6. The third-order valence-corrected chi connectivity index (χ3v) is 3.22. The van der Waals surface area contributed by atoms with Gasteiger partial charge in [-0.1, -0.05) is 24.3 Å². The fourth-order valence-electron chi connectivity index (χ4n) is 2.12. The van der Waals surface area contributed by atoms with Crippen LogP contribution in [-0.2, 0) is 27.2 Å². The zero-order valence-corrected chi connectivity index (χ0v) is 12.9. The van der Waals surface area contributed by atoms with E-state index in [9.17, 15) is 4.79 Å². The average molecular weight is 295 g/mol. The van der Waals surface area contributed by atoms with Gasteiger partial charge in [0.25, 0.3) is 0 Å². The van der Waals surface area contributed by atoms with Crippen molar-refractivity contribution in [1.29, 1.82) is 0 Å². The van der Waals surface area contributed by atoms with Crippen molar-refractivity contribution >= 4 is 5.97 Å². The number of aliphatic carboxylic acids is 1. The highest BCUT2D eigenvalue weighted by atomic mass is 16.5. The van der Waals surface area contributed by atoms with Crippen LogP contribution >= 0.6 is 0 Å². The van der Waals surface area contributed by atoms with Gasteiger partial charge in [-0.15, -0.1) is 0 Å². The van der Waals surface area contributed by atoms with Crippen molar-refractivity contribution in [3.8, 4) is 0 Å². The molecule has 0 bridgehead atoms. The van der Waals surface area contributed by atoms with E-state index in [4.69, 9.17) is 14.6 Å². The van der Waals surface area contributed by atoms with Crippen LogP contribution in [0.5, 0.6) is 0 Å². The lowest BCUT2D eigenvalue weighted by molar-refractivity contribution is -0.136. The molecule has 0 radical (unpaired) electrons. The Kier molecular flexibility index (Phi) is 8.66. The fraction of sp³-hybridized carbons (Fsp3) is 0.562. The highest BCUT2D eigenvalue weighted by Gasteiger charge is 2.07. The molecule has 0 aromatic heterocycles. The van der Waals surface area contributed by atoms with Gasteiger partial charge >= 0.3 is 5.97 Å². The van der Waals surface area contributed by atoms with Crippen LogP contribution in [0, 0.1) is 0 Å². The summed E-state index contributed by atoms with van der Waals surface area (Å²) in [6.07, 6.45) is 1.05. The Hall–Kier alpha value is -1.43. The quantitative estimate of drug-likeness (QED) is 0.631. The maximum atomic E-state index is 10.7. The largest absolute Gasteiger partial charge is 0.481 e. The number of carboxylic acid groups (broad SMARTS) is 1. The molecule has 0 unspecified atom stereocenters. The second-order valence-corrected chi connectivity index (χ2v) is 5.00. The Morgan fingerprint density at radius 3 is 2.24 bits per heavy atom. The molecule has 1 rings (SSSR count). The van der Waals surface area contributed by atoms with E-state index in [0.29, 0.717) is 6.61 Å². The number of nitrogens with zero attached hydrogens (tertiary/aromatic N) is 1. The summed E-state index contributed by atoms with van der Waals surface area (Å²) in [7, 11) is 3.41. The first-order valence-corrected chi connectivity index (χ1v) is 7.15. The maximum Gasteiger partial charge on any atom is 0.307 e. The fourth-order valence-corrected chi connectivity index (χ4v) is 2.12. The lowest BCUT2D eigenvalue weighted by atomic mass is 10.1. The second-order valence-electron chi connectivity index (χ2n) is 5.00. The van der Waals surface area contributed by atoms with Gasteiger partial charge < -0.3 is 14.6 Å². The highest BCUT2D eigenvalue weighted by molar-refractivity contribution is 5.70. The van der Waals surface area contributed by atoms with E-state index in [-0.39, 0.29) is 6.42 Å². The number of methoxy groups -OCH3 is 2. The summed E-state index contributed by atoms with van der Waals surface area (Å²) in [4.78, 5) is 13.0. The third-order valence-electron chi connectivity index (χ3n) is 3.22. The molecule has 0 saturated heterocycles. The summed E-state index contributed by atoms with van der Waals surface area (Å²) in [6, 6.07) is 7.75. The molecule has 1 N–H and O–H groups in total.